The predicted octanol–water partition coefficient (Wildman–Crippen LogP) is 5.52. The summed E-state index contributed by atoms with van der Waals surface area (Å²) in [6.45, 7) is 6.86. The van der Waals surface area contributed by atoms with Crippen molar-refractivity contribution in [1.29, 1.82) is 0 Å². The van der Waals surface area contributed by atoms with Crippen LogP contribution < -0.4 is 10.1 Å². The molecule has 1 amide bonds. The summed E-state index contributed by atoms with van der Waals surface area (Å²) in [6, 6.07) is 13.3. The molecule has 0 saturated carbocycles. The van der Waals surface area contributed by atoms with Gasteiger partial charge in [0.25, 0.3) is 0 Å². The van der Waals surface area contributed by atoms with E-state index in [4.69, 9.17) is 9.47 Å². The van der Waals surface area contributed by atoms with Gasteiger partial charge in [-0.3, -0.25) is 4.98 Å². The van der Waals surface area contributed by atoms with E-state index in [1.165, 1.54) is 0 Å². The van der Waals surface area contributed by atoms with E-state index in [0.717, 1.165) is 30.0 Å². The Hall–Kier alpha value is -3.68. The molecule has 8 heteroatoms. The topological polar surface area (TPSA) is 89.5 Å². The molecule has 2 aromatic heterocycles. The van der Waals surface area contributed by atoms with Gasteiger partial charge in [0.1, 0.15) is 22.9 Å². The van der Waals surface area contributed by atoms with Crippen molar-refractivity contribution >= 4 is 17.6 Å². The molecule has 1 aliphatic heterocycles. The lowest BCUT2D eigenvalue weighted by molar-refractivity contribution is 0.0203. The van der Waals surface area contributed by atoms with Gasteiger partial charge >= 0.3 is 6.09 Å². The molecule has 0 aliphatic carbocycles. The highest BCUT2D eigenvalue weighted by Gasteiger charge is 2.29. The van der Waals surface area contributed by atoms with Crippen LogP contribution in [0.2, 0.25) is 0 Å². The van der Waals surface area contributed by atoms with Gasteiger partial charge in [0.05, 0.1) is 0 Å². The zero-order chi connectivity index (χ0) is 23.3. The predicted molar refractivity (Wildman–Crippen MR) is 126 cm³/mol. The van der Waals surface area contributed by atoms with Gasteiger partial charge in [-0.05, 0) is 70.0 Å². The van der Waals surface area contributed by atoms with Gasteiger partial charge in [-0.1, -0.05) is 6.07 Å². The van der Waals surface area contributed by atoms with Gasteiger partial charge in [0.2, 0.25) is 5.88 Å². The van der Waals surface area contributed by atoms with Crippen LogP contribution in [-0.2, 0) is 4.74 Å². The lowest BCUT2D eigenvalue weighted by Gasteiger charge is -2.33. The summed E-state index contributed by atoms with van der Waals surface area (Å²) in [7, 11) is 0. The number of carbonyl (C=O) groups excluding carboxylic acids is 1. The molecule has 0 radical (unpaired) electrons. The van der Waals surface area contributed by atoms with Crippen LogP contribution >= 0.6 is 0 Å². The van der Waals surface area contributed by atoms with Crippen LogP contribution in [0.5, 0.6) is 11.6 Å². The van der Waals surface area contributed by atoms with E-state index in [9.17, 15) is 4.79 Å². The van der Waals surface area contributed by atoms with Crippen LogP contribution in [0, 0.1) is 0 Å². The first-order valence-electron chi connectivity index (χ1n) is 11.1. The molecule has 1 saturated heterocycles. The number of hydrogen-bond acceptors (Lipinski definition) is 7. The Morgan fingerprint density at radius 3 is 2.36 bits per heavy atom. The Kier molecular flexibility index (Phi) is 6.72. The van der Waals surface area contributed by atoms with E-state index in [1.54, 1.807) is 23.5 Å². The first kappa shape index (κ1) is 22.5. The van der Waals surface area contributed by atoms with E-state index < -0.39 is 5.60 Å². The average Bonchev–Trinajstić information content (AvgIpc) is 2.80. The van der Waals surface area contributed by atoms with Gasteiger partial charge in [0, 0.05) is 43.3 Å². The van der Waals surface area contributed by atoms with Crippen molar-refractivity contribution in [3.05, 3.63) is 66.7 Å². The van der Waals surface area contributed by atoms with Crippen molar-refractivity contribution in [3.8, 4) is 11.6 Å². The Labute approximate surface area is 194 Å². The number of benzene rings is 1. The minimum Gasteiger partial charge on any atom is -0.444 e. The molecule has 3 aromatic rings. The number of nitrogens with zero attached hydrogens (tertiary/aromatic N) is 4. The maximum absolute atomic E-state index is 12.3. The van der Waals surface area contributed by atoms with Gasteiger partial charge in [-0.2, -0.15) is 0 Å². The summed E-state index contributed by atoms with van der Waals surface area (Å²) < 4.78 is 11.6. The highest BCUT2D eigenvalue weighted by Crippen LogP contribution is 2.34. The quantitative estimate of drug-likeness (QED) is 0.551. The van der Waals surface area contributed by atoms with Crippen molar-refractivity contribution in [2.45, 2.75) is 45.1 Å². The van der Waals surface area contributed by atoms with Crippen molar-refractivity contribution < 1.29 is 14.3 Å². The number of anilines is 2. The number of piperidine rings is 1. The first-order chi connectivity index (χ1) is 15.9. The van der Waals surface area contributed by atoms with Crippen LogP contribution in [0.15, 0.2) is 61.1 Å². The largest absolute Gasteiger partial charge is 0.444 e. The number of nitrogens with one attached hydrogen (secondary N) is 1. The zero-order valence-corrected chi connectivity index (χ0v) is 19.2. The number of carbonyl (C=O) groups is 1. The lowest BCUT2D eigenvalue weighted by Crippen LogP contribution is -2.41. The summed E-state index contributed by atoms with van der Waals surface area (Å²) in [6.07, 6.45) is 6.35. The molecule has 1 N–H and O–H groups in total. The number of amides is 1. The monoisotopic (exact) mass is 447 g/mol. The number of likely N-dealkylation sites (tertiary alicyclic amines) is 1. The van der Waals surface area contributed by atoms with Crippen molar-refractivity contribution in [2.75, 3.05) is 18.4 Å². The zero-order valence-electron chi connectivity index (χ0n) is 19.2. The third kappa shape index (κ3) is 6.19. The third-order valence-electron chi connectivity index (χ3n) is 5.23. The molecule has 3 heterocycles. The molecular weight excluding hydrogens is 418 g/mol. The van der Waals surface area contributed by atoms with E-state index in [1.807, 2.05) is 63.2 Å². The molecule has 1 fully saturated rings. The van der Waals surface area contributed by atoms with Crippen LogP contribution in [0.25, 0.3) is 0 Å². The van der Waals surface area contributed by atoms with E-state index >= 15 is 0 Å². The number of aromatic nitrogens is 3. The minimum atomic E-state index is -0.497. The molecule has 172 valence electrons. The number of rotatable bonds is 5. The number of ether oxygens (including phenoxy) is 2. The summed E-state index contributed by atoms with van der Waals surface area (Å²) >= 11 is 0. The second kappa shape index (κ2) is 9.85. The minimum absolute atomic E-state index is 0.164. The SMILES string of the molecule is CC(C)(C)OC(=O)N1CCC(c2nccnc2Oc2ccc(Nc3ccccn3)cc2)CC1. The fourth-order valence-electron chi connectivity index (χ4n) is 3.66. The molecule has 8 nitrogen and oxygen atoms in total. The summed E-state index contributed by atoms with van der Waals surface area (Å²) in [5.74, 6) is 2.12. The van der Waals surface area contributed by atoms with Crippen molar-refractivity contribution in [3.63, 3.8) is 0 Å². The van der Waals surface area contributed by atoms with E-state index in [2.05, 4.69) is 20.3 Å². The van der Waals surface area contributed by atoms with Crippen LogP contribution in [0.3, 0.4) is 0 Å². The summed E-state index contributed by atoms with van der Waals surface area (Å²) in [5.41, 5.74) is 1.23. The standard InChI is InChI=1S/C25H29N5O3/c1-25(2,3)33-24(31)30-16-11-18(12-17-30)22-23(28-15-14-27-22)32-20-9-7-19(8-10-20)29-21-6-4-5-13-26-21/h4-10,13-15,18H,11-12,16-17H2,1-3H3,(H,26,29). The highest BCUT2D eigenvalue weighted by atomic mass is 16.6. The molecule has 1 aromatic carbocycles. The molecule has 1 aliphatic rings. The smallest absolute Gasteiger partial charge is 0.410 e. The molecular formula is C25H29N5O3. The Morgan fingerprint density at radius 2 is 1.70 bits per heavy atom. The van der Waals surface area contributed by atoms with Gasteiger partial charge in [0.15, 0.2) is 0 Å². The molecule has 33 heavy (non-hydrogen) atoms. The number of pyridine rings is 1. The molecule has 4 rings (SSSR count). The van der Waals surface area contributed by atoms with Crippen molar-refractivity contribution in [1.82, 2.24) is 19.9 Å². The molecule has 0 bridgehead atoms. The van der Waals surface area contributed by atoms with Gasteiger partial charge < -0.3 is 19.7 Å². The Balaban J connectivity index is 1.39. The summed E-state index contributed by atoms with van der Waals surface area (Å²) in [4.78, 5) is 27.4. The van der Waals surface area contributed by atoms with Crippen LogP contribution in [0.4, 0.5) is 16.3 Å². The fraction of sp³-hybridized carbons (Fsp3) is 0.360. The van der Waals surface area contributed by atoms with E-state index in [0.29, 0.717) is 24.7 Å². The van der Waals surface area contributed by atoms with E-state index in [-0.39, 0.29) is 12.0 Å². The second-order valence-corrected chi connectivity index (χ2v) is 8.95. The molecule has 0 atom stereocenters. The first-order valence-corrected chi connectivity index (χ1v) is 11.1. The fourth-order valence-corrected chi connectivity index (χ4v) is 3.66. The maximum atomic E-state index is 12.3. The van der Waals surface area contributed by atoms with Gasteiger partial charge in [-0.15, -0.1) is 0 Å². The average molecular weight is 448 g/mol. The van der Waals surface area contributed by atoms with Crippen molar-refractivity contribution in [2.24, 2.45) is 0 Å². The lowest BCUT2D eigenvalue weighted by atomic mass is 9.93. The Morgan fingerprint density at radius 1 is 0.970 bits per heavy atom. The summed E-state index contributed by atoms with van der Waals surface area (Å²) in [5, 5.41) is 3.25. The number of hydrogen-bond donors (Lipinski definition) is 1. The highest BCUT2D eigenvalue weighted by molar-refractivity contribution is 5.68. The Bertz CT molecular complexity index is 1060. The second-order valence-electron chi connectivity index (χ2n) is 8.95. The third-order valence-corrected chi connectivity index (χ3v) is 5.23. The van der Waals surface area contributed by atoms with Crippen LogP contribution in [-0.4, -0.2) is 44.6 Å². The maximum Gasteiger partial charge on any atom is 0.410 e. The van der Waals surface area contributed by atoms with Gasteiger partial charge in [-0.25, -0.2) is 14.8 Å². The van der Waals surface area contributed by atoms with Crippen LogP contribution in [0.1, 0.15) is 45.2 Å². The molecule has 0 spiro atoms. The molecule has 0 unspecified atom stereocenters. The normalized spacial score (nSPS) is 14.6.